The van der Waals surface area contributed by atoms with E-state index in [1.54, 1.807) is 6.07 Å². The van der Waals surface area contributed by atoms with Crippen molar-refractivity contribution in [1.29, 1.82) is 0 Å². The molecule has 3 heteroatoms. The lowest BCUT2D eigenvalue weighted by Crippen LogP contribution is -1.94. The smallest absolute Gasteiger partial charge is 0.186 e. The molecule has 1 aliphatic rings. The highest BCUT2D eigenvalue weighted by atomic mass is 32.2. The maximum Gasteiger partial charge on any atom is 0.186 e. The largest absolute Gasteiger partial charge is 0.302 e. The molecular formula is C13H10O2S. The van der Waals surface area contributed by atoms with Gasteiger partial charge < -0.3 is 4.55 Å². The van der Waals surface area contributed by atoms with E-state index in [1.165, 1.54) is 11.1 Å². The van der Waals surface area contributed by atoms with Gasteiger partial charge in [-0.3, -0.25) is 0 Å². The van der Waals surface area contributed by atoms with Crippen LogP contribution in [0.3, 0.4) is 0 Å². The molecule has 0 heterocycles. The van der Waals surface area contributed by atoms with E-state index in [9.17, 15) is 8.76 Å². The van der Waals surface area contributed by atoms with E-state index in [1.807, 2.05) is 24.3 Å². The maximum absolute atomic E-state index is 11.2. The minimum absolute atomic E-state index is 0.536. The van der Waals surface area contributed by atoms with Gasteiger partial charge in [-0.15, -0.1) is 0 Å². The molecule has 0 aliphatic heterocycles. The molecule has 2 aromatic rings. The molecule has 0 amide bonds. The molecule has 0 saturated carbocycles. The van der Waals surface area contributed by atoms with Gasteiger partial charge in [0.1, 0.15) is 0 Å². The zero-order chi connectivity index (χ0) is 11.1. The summed E-state index contributed by atoms with van der Waals surface area (Å²) in [4.78, 5) is 0.536. The second kappa shape index (κ2) is 3.54. The summed E-state index contributed by atoms with van der Waals surface area (Å²) in [5.74, 6) is 0. The summed E-state index contributed by atoms with van der Waals surface area (Å²) >= 11 is -1.90. The molecule has 0 bridgehead atoms. The highest BCUT2D eigenvalue weighted by Crippen LogP contribution is 2.38. The molecule has 1 N–H and O–H groups in total. The fourth-order valence-corrected chi connectivity index (χ4v) is 2.88. The van der Waals surface area contributed by atoms with Crippen molar-refractivity contribution in [1.82, 2.24) is 0 Å². The van der Waals surface area contributed by atoms with Crippen LogP contribution in [0.4, 0.5) is 0 Å². The van der Waals surface area contributed by atoms with Gasteiger partial charge in [-0.25, -0.2) is 4.21 Å². The van der Waals surface area contributed by atoms with Crippen LogP contribution in [0, 0.1) is 0 Å². The molecule has 1 aliphatic carbocycles. The monoisotopic (exact) mass is 230 g/mol. The minimum atomic E-state index is -1.90. The van der Waals surface area contributed by atoms with Crippen molar-refractivity contribution in [2.75, 3.05) is 0 Å². The first-order valence-electron chi connectivity index (χ1n) is 5.08. The van der Waals surface area contributed by atoms with Crippen molar-refractivity contribution in [3.63, 3.8) is 0 Å². The molecule has 80 valence electrons. The summed E-state index contributed by atoms with van der Waals surface area (Å²) in [6, 6.07) is 13.7. The number of benzene rings is 2. The van der Waals surface area contributed by atoms with Gasteiger partial charge >= 0.3 is 0 Å². The highest BCUT2D eigenvalue weighted by molar-refractivity contribution is 7.79. The van der Waals surface area contributed by atoms with Crippen LogP contribution in [0.5, 0.6) is 0 Å². The van der Waals surface area contributed by atoms with Gasteiger partial charge in [0.2, 0.25) is 0 Å². The van der Waals surface area contributed by atoms with E-state index in [-0.39, 0.29) is 0 Å². The first-order chi connectivity index (χ1) is 7.77. The molecule has 3 rings (SSSR count). The van der Waals surface area contributed by atoms with Crippen molar-refractivity contribution in [3.05, 3.63) is 53.6 Å². The highest BCUT2D eigenvalue weighted by Gasteiger charge is 2.21. The van der Waals surface area contributed by atoms with Gasteiger partial charge in [-0.05, 0) is 34.7 Å². The maximum atomic E-state index is 11.2. The average molecular weight is 230 g/mol. The Morgan fingerprint density at radius 1 is 1.00 bits per heavy atom. The van der Waals surface area contributed by atoms with E-state index in [2.05, 4.69) is 12.1 Å². The fourth-order valence-electron chi connectivity index (χ4n) is 2.29. The van der Waals surface area contributed by atoms with Crippen LogP contribution < -0.4 is 0 Å². The lowest BCUT2D eigenvalue weighted by atomic mass is 10.1. The molecule has 0 aromatic heterocycles. The van der Waals surface area contributed by atoms with Crippen molar-refractivity contribution in [2.24, 2.45) is 0 Å². The number of rotatable bonds is 1. The normalized spacial score (nSPS) is 14.3. The standard InChI is InChI=1S/C13H10O2S/c14-16(15)13-7-3-6-11-10-5-2-1-4-9(10)8-12(11)13/h1-7H,8H2,(H,14,15). The molecule has 2 nitrogen and oxygen atoms in total. The summed E-state index contributed by atoms with van der Waals surface area (Å²) < 4.78 is 20.5. The topological polar surface area (TPSA) is 37.3 Å². The van der Waals surface area contributed by atoms with E-state index in [0.29, 0.717) is 4.90 Å². The van der Waals surface area contributed by atoms with E-state index >= 15 is 0 Å². The average Bonchev–Trinajstić information content (AvgIpc) is 2.67. The summed E-state index contributed by atoms with van der Waals surface area (Å²) in [5.41, 5.74) is 4.50. The molecule has 0 fully saturated rings. The van der Waals surface area contributed by atoms with Crippen LogP contribution in [-0.2, 0) is 17.5 Å². The lowest BCUT2D eigenvalue weighted by molar-refractivity contribution is 0.563. The van der Waals surface area contributed by atoms with Crippen LogP contribution in [0.15, 0.2) is 47.4 Å². The number of hydrogen-bond acceptors (Lipinski definition) is 1. The predicted octanol–water partition coefficient (Wildman–Crippen LogP) is 2.84. The summed E-state index contributed by atoms with van der Waals surface area (Å²) in [6.07, 6.45) is 0.758. The lowest BCUT2D eigenvalue weighted by Gasteiger charge is -2.03. The van der Waals surface area contributed by atoms with Crippen LogP contribution >= 0.6 is 0 Å². The molecule has 1 atom stereocenters. The third kappa shape index (κ3) is 1.32. The van der Waals surface area contributed by atoms with E-state index in [4.69, 9.17) is 0 Å². The van der Waals surface area contributed by atoms with Gasteiger partial charge in [0, 0.05) is 0 Å². The fraction of sp³-hybridized carbons (Fsp3) is 0.0769. The van der Waals surface area contributed by atoms with Gasteiger partial charge in [-0.1, -0.05) is 36.4 Å². The Balaban J connectivity index is 2.28. The Hall–Kier alpha value is -1.45. The second-order valence-electron chi connectivity index (χ2n) is 3.87. The summed E-state index contributed by atoms with van der Waals surface area (Å²) in [6.45, 7) is 0. The third-order valence-electron chi connectivity index (χ3n) is 3.00. The molecule has 16 heavy (non-hydrogen) atoms. The molecule has 1 unspecified atom stereocenters. The predicted molar refractivity (Wildman–Crippen MR) is 63.7 cm³/mol. The van der Waals surface area contributed by atoms with Gasteiger partial charge in [-0.2, -0.15) is 0 Å². The Kier molecular flexibility index (Phi) is 2.16. The number of fused-ring (bicyclic) bond motifs is 3. The molecular weight excluding hydrogens is 220 g/mol. The minimum Gasteiger partial charge on any atom is -0.302 e. The zero-order valence-corrected chi connectivity index (χ0v) is 9.33. The SMILES string of the molecule is O=S(O)c1cccc2c1Cc1ccccc1-2. The quantitative estimate of drug-likeness (QED) is 0.653. The van der Waals surface area contributed by atoms with E-state index < -0.39 is 11.1 Å². The Bertz CT molecular complexity index is 590. The second-order valence-corrected chi connectivity index (χ2v) is 4.80. The first-order valence-corrected chi connectivity index (χ1v) is 6.19. The summed E-state index contributed by atoms with van der Waals surface area (Å²) in [5, 5.41) is 0. The first kappa shape index (κ1) is 9.75. The van der Waals surface area contributed by atoms with E-state index in [0.717, 1.165) is 17.5 Å². The molecule has 0 radical (unpaired) electrons. The molecule has 2 aromatic carbocycles. The Morgan fingerprint density at radius 2 is 1.75 bits per heavy atom. The van der Waals surface area contributed by atoms with Crippen LogP contribution in [0.1, 0.15) is 11.1 Å². The van der Waals surface area contributed by atoms with Crippen LogP contribution in [-0.4, -0.2) is 8.76 Å². The van der Waals surface area contributed by atoms with Crippen LogP contribution in [0.25, 0.3) is 11.1 Å². The van der Waals surface area contributed by atoms with Gasteiger partial charge in [0.15, 0.2) is 11.1 Å². The van der Waals surface area contributed by atoms with Crippen LogP contribution in [0.2, 0.25) is 0 Å². The Morgan fingerprint density at radius 3 is 2.56 bits per heavy atom. The van der Waals surface area contributed by atoms with Gasteiger partial charge in [0.05, 0.1) is 4.90 Å². The summed E-state index contributed by atoms with van der Waals surface area (Å²) in [7, 11) is 0. The van der Waals surface area contributed by atoms with Gasteiger partial charge in [0.25, 0.3) is 0 Å². The third-order valence-corrected chi connectivity index (χ3v) is 3.75. The van der Waals surface area contributed by atoms with Crippen molar-refractivity contribution < 1.29 is 8.76 Å². The molecule has 0 saturated heterocycles. The van der Waals surface area contributed by atoms with Crippen molar-refractivity contribution >= 4 is 11.1 Å². The van der Waals surface area contributed by atoms with Crippen molar-refractivity contribution in [3.8, 4) is 11.1 Å². The zero-order valence-electron chi connectivity index (χ0n) is 8.51. The molecule has 0 spiro atoms. The van der Waals surface area contributed by atoms with Crippen molar-refractivity contribution in [2.45, 2.75) is 11.3 Å². The Labute approximate surface area is 96.2 Å². The number of hydrogen-bond donors (Lipinski definition) is 1.